The molecule has 1 aliphatic heterocycles. The molecule has 0 saturated carbocycles. The number of nitrogens with zero attached hydrogens (tertiary/aromatic N) is 4. The predicted octanol–water partition coefficient (Wildman–Crippen LogP) is 2.49. The fourth-order valence-corrected chi connectivity index (χ4v) is 2.66. The van der Waals surface area contributed by atoms with Crippen LogP contribution in [-0.2, 0) is 11.4 Å². The van der Waals surface area contributed by atoms with Gasteiger partial charge in [-0.15, -0.1) is 0 Å². The Morgan fingerprint density at radius 2 is 2.05 bits per heavy atom. The molecule has 0 N–H and O–H groups in total. The highest BCUT2D eigenvalue weighted by Gasteiger charge is 2.23. The largest absolute Gasteiger partial charge is 0.376 e. The lowest BCUT2D eigenvalue weighted by molar-refractivity contribution is -0.0622. The van der Waals surface area contributed by atoms with Gasteiger partial charge in [-0.05, 0) is 32.0 Å². The Morgan fingerprint density at radius 1 is 1.27 bits per heavy atom. The van der Waals surface area contributed by atoms with Crippen LogP contribution in [0, 0.1) is 11.3 Å². The summed E-state index contributed by atoms with van der Waals surface area (Å²) in [6.45, 7) is 6.74. The molecule has 5 nitrogen and oxygen atoms in total. The number of hydrogen-bond acceptors (Lipinski definition) is 4. The molecule has 0 amide bonds. The quantitative estimate of drug-likeness (QED) is 0.873. The van der Waals surface area contributed by atoms with Gasteiger partial charge in [0.05, 0.1) is 36.7 Å². The number of nitriles is 1. The maximum Gasteiger partial charge on any atom is 0.0991 e. The predicted molar refractivity (Wildman–Crippen MR) is 84.0 cm³/mol. The number of morpholine rings is 1. The summed E-state index contributed by atoms with van der Waals surface area (Å²) in [4.78, 5) is 2.38. The SMILES string of the molecule is C[C@@H]1CN(Cn2ccc(-c3ccc(C#N)cc3)n2)[C@H](C)CO1. The van der Waals surface area contributed by atoms with E-state index in [4.69, 9.17) is 10.00 Å². The minimum atomic E-state index is 0.268. The molecule has 1 aliphatic rings. The van der Waals surface area contributed by atoms with E-state index in [1.54, 1.807) is 0 Å². The van der Waals surface area contributed by atoms with Crippen molar-refractivity contribution in [3.8, 4) is 17.3 Å². The zero-order chi connectivity index (χ0) is 15.5. The first-order chi connectivity index (χ1) is 10.7. The lowest BCUT2D eigenvalue weighted by atomic mass is 10.1. The van der Waals surface area contributed by atoms with Crippen LogP contribution >= 0.6 is 0 Å². The smallest absolute Gasteiger partial charge is 0.0991 e. The fraction of sp³-hybridized carbons (Fsp3) is 0.412. The van der Waals surface area contributed by atoms with Crippen LogP contribution in [-0.4, -0.2) is 40.0 Å². The molecule has 1 saturated heterocycles. The molecule has 114 valence electrons. The summed E-state index contributed by atoms with van der Waals surface area (Å²) in [6.07, 6.45) is 2.27. The van der Waals surface area contributed by atoms with Crippen LogP contribution in [0.2, 0.25) is 0 Å². The summed E-state index contributed by atoms with van der Waals surface area (Å²) >= 11 is 0. The maximum atomic E-state index is 8.85. The van der Waals surface area contributed by atoms with Gasteiger partial charge in [0.15, 0.2) is 0 Å². The molecule has 0 radical (unpaired) electrons. The van der Waals surface area contributed by atoms with Gasteiger partial charge in [0.25, 0.3) is 0 Å². The number of rotatable bonds is 3. The Hall–Kier alpha value is -2.16. The maximum absolute atomic E-state index is 8.85. The van der Waals surface area contributed by atoms with E-state index in [2.05, 4.69) is 29.9 Å². The Balaban J connectivity index is 1.71. The van der Waals surface area contributed by atoms with Crippen LogP contribution in [0.5, 0.6) is 0 Å². The first-order valence-corrected chi connectivity index (χ1v) is 7.55. The minimum absolute atomic E-state index is 0.268. The normalized spacial score (nSPS) is 22.4. The first-order valence-electron chi connectivity index (χ1n) is 7.55. The van der Waals surface area contributed by atoms with Gasteiger partial charge in [-0.1, -0.05) is 12.1 Å². The van der Waals surface area contributed by atoms with Crippen molar-refractivity contribution < 1.29 is 4.74 Å². The van der Waals surface area contributed by atoms with Crippen LogP contribution in [0.15, 0.2) is 36.5 Å². The molecule has 2 heterocycles. The van der Waals surface area contributed by atoms with Crippen molar-refractivity contribution in [2.45, 2.75) is 32.7 Å². The second-order valence-corrected chi connectivity index (χ2v) is 5.84. The third-order valence-electron chi connectivity index (χ3n) is 4.01. The highest BCUT2D eigenvalue weighted by molar-refractivity contribution is 5.59. The van der Waals surface area contributed by atoms with Gasteiger partial charge in [-0.3, -0.25) is 9.58 Å². The summed E-state index contributed by atoms with van der Waals surface area (Å²) in [6, 6.07) is 12.1. The van der Waals surface area contributed by atoms with Gasteiger partial charge in [0.2, 0.25) is 0 Å². The van der Waals surface area contributed by atoms with Crippen molar-refractivity contribution in [3.63, 3.8) is 0 Å². The minimum Gasteiger partial charge on any atom is -0.376 e. The number of ether oxygens (including phenoxy) is 1. The molecule has 0 unspecified atom stereocenters. The van der Waals surface area contributed by atoms with Crippen LogP contribution in [0.1, 0.15) is 19.4 Å². The van der Waals surface area contributed by atoms with Crippen LogP contribution < -0.4 is 0 Å². The highest BCUT2D eigenvalue weighted by Crippen LogP contribution is 2.18. The third kappa shape index (κ3) is 3.19. The van der Waals surface area contributed by atoms with Crippen molar-refractivity contribution in [2.75, 3.05) is 13.2 Å². The molecule has 2 aromatic rings. The molecule has 22 heavy (non-hydrogen) atoms. The molecule has 0 bridgehead atoms. The van der Waals surface area contributed by atoms with Gasteiger partial charge in [0, 0.05) is 24.3 Å². The van der Waals surface area contributed by atoms with Crippen LogP contribution in [0.3, 0.4) is 0 Å². The van der Waals surface area contributed by atoms with E-state index >= 15 is 0 Å². The summed E-state index contributed by atoms with van der Waals surface area (Å²) in [5, 5.41) is 13.5. The van der Waals surface area contributed by atoms with E-state index in [-0.39, 0.29) is 6.10 Å². The van der Waals surface area contributed by atoms with E-state index < -0.39 is 0 Å². The number of hydrogen-bond donors (Lipinski definition) is 0. The van der Waals surface area contributed by atoms with Gasteiger partial charge >= 0.3 is 0 Å². The van der Waals surface area contributed by atoms with Crippen molar-refractivity contribution in [1.82, 2.24) is 14.7 Å². The van der Waals surface area contributed by atoms with Crippen molar-refractivity contribution in [2.24, 2.45) is 0 Å². The molecule has 3 rings (SSSR count). The average molecular weight is 296 g/mol. The fourth-order valence-electron chi connectivity index (χ4n) is 2.66. The molecule has 1 aromatic heterocycles. The van der Waals surface area contributed by atoms with Gasteiger partial charge in [-0.2, -0.15) is 10.4 Å². The first kappa shape index (κ1) is 14.8. The zero-order valence-corrected chi connectivity index (χ0v) is 12.9. The molecule has 2 atom stereocenters. The second-order valence-electron chi connectivity index (χ2n) is 5.84. The van der Waals surface area contributed by atoms with E-state index in [1.165, 1.54) is 0 Å². The molecular formula is C17H20N4O. The second kappa shape index (κ2) is 6.30. The topological polar surface area (TPSA) is 54.1 Å². The summed E-state index contributed by atoms with van der Waals surface area (Å²) in [5.41, 5.74) is 2.62. The zero-order valence-electron chi connectivity index (χ0n) is 12.9. The Kier molecular flexibility index (Phi) is 4.23. The van der Waals surface area contributed by atoms with Crippen LogP contribution in [0.25, 0.3) is 11.3 Å². The van der Waals surface area contributed by atoms with E-state index in [0.29, 0.717) is 11.6 Å². The lowest BCUT2D eigenvalue weighted by Gasteiger charge is -2.36. The lowest BCUT2D eigenvalue weighted by Crippen LogP contribution is -2.47. The molecule has 1 fully saturated rings. The Bertz CT molecular complexity index is 671. The monoisotopic (exact) mass is 296 g/mol. The van der Waals surface area contributed by atoms with E-state index in [0.717, 1.165) is 31.1 Å². The molecule has 5 heteroatoms. The number of aromatic nitrogens is 2. The average Bonchev–Trinajstić information content (AvgIpc) is 2.99. The third-order valence-corrected chi connectivity index (χ3v) is 4.01. The summed E-state index contributed by atoms with van der Waals surface area (Å²) in [5.74, 6) is 0. The molecule has 1 aromatic carbocycles. The molecule has 0 aliphatic carbocycles. The molecular weight excluding hydrogens is 276 g/mol. The van der Waals surface area contributed by atoms with Crippen molar-refractivity contribution >= 4 is 0 Å². The van der Waals surface area contributed by atoms with Gasteiger partial charge in [-0.25, -0.2) is 0 Å². The van der Waals surface area contributed by atoms with Crippen molar-refractivity contribution in [1.29, 1.82) is 5.26 Å². The Morgan fingerprint density at radius 3 is 2.77 bits per heavy atom. The van der Waals surface area contributed by atoms with Crippen LogP contribution in [0.4, 0.5) is 0 Å². The Labute approximate surface area is 130 Å². The summed E-state index contributed by atoms with van der Waals surface area (Å²) < 4.78 is 7.62. The standard InChI is InChI=1S/C17H20N4O/c1-13-11-22-14(2)10-20(13)12-21-8-7-17(19-21)16-5-3-15(9-18)4-6-16/h3-8,13-14H,10-12H2,1-2H3/t13-,14-/m1/s1. The van der Waals surface area contributed by atoms with E-state index in [9.17, 15) is 0 Å². The van der Waals surface area contributed by atoms with Gasteiger partial charge < -0.3 is 4.74 Å². The van der Waals surface area contributed by atoms with E-state index in [1.807, 2.05) is 41.2 Å². The highest BCUT2D eigenvalue weighted by atomic mass is 16.5. The van der Waals surface area contributed by atoms with Gasteiger partial charge in [0.1, 0.15) is 0 Å². The molecule has 0 spiro atoms. The van der Waals surface area contributed by atoms with Crippen molar-refractivity contribution in [3.05, 3.63) is 42.1 Å². The number of benzene rings is 1. The summed E-state index contributed by atoms with van der Waals surface area (Å²) in [7, 11) is 0.